The van der Waals surface area contributed by atoms with Crippen LogP contribution in [0.25, 0.3) is 0 Å². The van der Waals surface area contributed by atoms with Gasteiger partial charge in [-0.15, -0.1) is 0 Å². The molecule has 8 fully saturated rings. The van der Waals surface area contributed by atoms with Gasteiger partial charge in [-0.1, -0.05) is 12.1 Å². The van der Waals surface area contributed by atoms with Gasteiger partial charge in [-0.3, -0.25) is 0 Å². The van der Waals surface area contributed by atoms with Gasteiger partial charge in [0.1, 0.15) is 0 Å². The third kappa shape index (κ3) is 9.51. The van der Waals surface area contributed by atoms with Crippen molar-refractivity contribution in [2.75, 3.05) is 125 Å². The van der Waals surface area contributed by atoms with E-state index < -0.39 is 0 Å². The molecule has 0 spiro atoms. The average molecular weight is 721 g/mol. The van der Waals surface area contributed by atoms with E-state index >= 15 is 0 Å². The minimum Gasteiger partial charge on any atom is -0.371 e. The van der Waals surface area contributed by atoms with Gasteiger partial charge in [-0.05, 0) is 62.1 Å². The summed E-state index contributed by atoms with van der Waals surface area (Å²) in [6.07, 6.45) is 2.95. The fourth-order valence-electron chi connectivity index (χ4n) is 7.72. The molecule has 8 unspecified atom stereocenters. The molecule has 0 radical (unpaired) electrons. The first-order chi connectivity index (χ1) is 25.3. The van der Waals surface area contributed by atoms with Gasteiger partial charge in [-0.25, -0.2) is 0 Å². The van der Waals surface area contributed by atoms with Gasteiger partial charge < -0.3 is 57.5 Å². The molecule has 12 nitrogen and oxygen atoms in total. The van der Waals surface area contributed by atoms with Crippen LogP contribution in [0.2, 0.25) is 0 Å². The standard InChI is InChI=1S/2C20H28N2O4/c2*1-13-3-4-19(21(5-15-9-23-15)6-16-10-24-16)14(2)20(13)22(7-17-11-25-17)8-18-12-26-18/h2*3-4,15-18H,5-12H2,1-2H3. The van der Waals surface area contributed by atoms with Crippen LogP contribution in [0.3, 0.4) is 0 Å². The number of epoxide rings is 8. The van der Waals surface area contributed by atoms with Crippen molar-refractivity contribution in [3.8, 4) is 0 Å². The van der Waals surface area contributed by atoms with Crippen molar-refractivity contribution < 1.29 is 37.9 Å². The molecule has 0 aliphatic carbocycles. The number of rotatable bonds is 20. The fourth-order valence-corrected chi connectivity index (χ4v) is 7.72. The monoisotopic (exact) mass is 720 g/mol. The van der Waals surface area contributed by atoms with Crippen molar-refractivity contribution in [1.29, 1.82) is 0 Å². The number of anilines is 4. The maximum Gasteiger partial charge on any atom is 0.0984 e. The van der Waals surface area contributed by atoms with Crippen LogP contribution in [-0.4, -0.2) is 154 Å². The molecule has 8 atom stereocenters. The normalized spacial score (nSPS) is 30.8. The number of benzene rings is 2. The van der Waals surface area contributed by atoms with Crippen molar-refractivity contribution in [1.82, 2.24) is 0 Å². The van der Waals surface area contributed by atoms with Gasteiger partial charge in [-0.2, -0.15) is 0 Å². The van der Waals surface area contributed by atoms with Crippen LogP contribution < -0.4 is 19.6 Å². The molecule has 284 valence electrons. The van der Waals surface area contributed by atoms with Crippen LogP contribution in [0.5, 0.6) is 0 Å². The predicted molar refractivity (Wildman–Crippen MR) is 199 cm³/mol. The van der Waals surface area contributed by atoms with E-state index in [1.165, 1.54) is 45.0 Å². The average Bonchev–Trinajstić information content (AvgIpc) is 3.88. The van der Waals surface area contributed by atoms with E-state index in [0.717, 1.165) is 105 Å². The van der Waals surface area contributed by atoms with Gasteiger partial charge in [0.05, 0.1) is 102 Å². The molecule has 0 bridgehead atoms. The highest BCUT2D eigenvalue weighted by Crippen LogP contribution is 2.38. The molecule has 8 aliphatic rings. The Hall–Kier alpha value is -2.68. The highest BCUT2D eigenvalue weighted by Gasteiger charge is 2.37. The smallest absolute Gasteiger partial charge is 0.0984 e. The second-order valence-electron chi connectivity index (χ2n) is 16.0. The molecule has 52 heavy (non-hydrogen) atoms. The summed E-state index contributed by atoms with van der Waals surface area (Å²) in [5.74, 6) is 0. The Labute approximate surface area is 308 Å². The molecular weight excluding hydrogens is 664 g/mol. The van der Waals surface area contributed by atoms with E-state index in [1.807, 2.05) is 0 Å². The van der Waals surface area contributed by atoms with Crippen molar-refractivity contribution in [2.45, 2.75) is 76.5 Å². The summed E-state index contributed by atoms with van der Waals surface area (Å²) < 4.78 is 44.1. The van der Waals surface area contributed by atoms with Gasteiger partial charge in [0.2, 0.25) is 0 Å². The summed E-state index contributed by atoms with van der Waals surface area (Å²) in [7, 11) is 0. The summed E-state index contributed by atoms with van der Waals surface area (Å²) in [6, 6.07) is 9.03. The first kappa shape index (κ1) is 35.0. The molecule has 8 heterocycles. The third-order valence-corrected chi connectivity index (χ3v) is 11.1. The maximum atomic E-state index is 5.52. The van der Waals surface area contributed by atoms with Gasteiger partial charge in [0.15, 0.2) is 0 Å². The Kier molecular flexibility index (Phi) is 10.0. The zero-order valence-corrected chi connectivity index (χ0v) is 31.3. The fraction of sp³-hybridized carbons (Fsp3) is 0.700. The van der Waals surface area contributed by atoms with Crippen LogP contribution in [0.4, 0.5) is 22.7 Å². The Morgan fingerprint density at radius 3 is 0.788 bits per heavy atom. The number of hydrogen-bond donors (Lipinski definition) is 0. The highest BCUT2D eigenvalue weighted by molar-refractivity contribution is 5.72. The predicted octanol–water partition coefficient (Wildman–Crippen LogP) is 3.02. The molecule has 0 amide bonds. The number of hydrogen-bond acceptors (Lipinski definition) is 12. The molecule has 2 aromatic rings. The molecule has 0 saturated carbocycles. The van der Waals surface area contributed by atoms with Gasteiger partial charge in [0.25, 0.3) is 0 Å². The lowest BCUT2D eigenvalue weighted by Gasteiger charge is -2.32. The van der Waals surface area contributed by atoms with E-state index in [9.17, 15) is 0 Å². The van der Waals surface area contributed by atoms with E-state index in [4.69, 9.17) is 37.9 Å². The molecule has 2 aromatic carbocycles. The van der Waals surface area contributed by atoms with Gasteiger partial charge >= 0.3 is 0 Å². The third-order valence-electron chi connectivity index (χ3n) is 11.1. The molecule has 8 aliphatic heterocycles. The quantitative estimate of drug-likeness (QED) is 0.188. The van der Waals surface area contributed by atoms with Crippen molar-refractivity contribution >= 4 is 22.7 Å². The Balaban J connectivity index is 0.000000138. The maximum absolute atomic E-state index is 5.52. The topological polar surface area (TPSA) is 113 Å². The SMILES string of the molecule is Cc1ccc(N(CC2CO2)CC2CO2)c(C)c1N(CC1CO1)CC1CO1.Cc1ccc(N(CC2CO2)CC2CO2)c(C)c1N(CC1CO1)CC1CO1. The van der Waals surface area contributed by atoms with Gasteiger partial charge in [0, 0.05) is 75.1 Å². The Bertz CT molecular complexity index is 1390. The lowest BCUT2D eigenvalue weighted by Crippen LogP contribution is -2.35. The van der Waals surface area contributed by atoms with Crippen LogP contribution in [0.1, 0.15) is 22.3 Å². The van der Waals surface area contributed by atoms with Crippen LogP contribution in [0.15, 0.2) is 24.3 Å². The summed E-state index contributed by atoms with van der Waals surface area (Å²) >= 11 is 0. The minimum atomic E-state index is 0.368. The van der Waals surface area contributed by atoms with E-state index in [2.05, 4.69) is 71.6 Å². The van der Waals surface area contributed by atoms with Crippen LogP contribution in [0, 0.1) is 27.7 Å². The summed E-state index contributed by atoms with van der Waals surface area (Å²) in [5, 5.41) is 0. The summed E-state index contributed by atoms with van der Waals surface area (Å²) in [5.41, 5.74) is 10.6. The van der Waals surface area contributed by atoms with E-state index in [0.29, 0.717) is 48.8 Å². The first-order valence-corrected chi connectivity index (χ1v) is 19.5. The molecule has 8 saturated heterocycles. The summed E-state index contributed by atoms with van der Waals surface area (Å²) in [6.45, 7) is 23.5. The lowest BCUT2D eigenvalue weighted by molar-refractivity contribution is 0.387. The highest BCUT2D eigenvalue weighted by atomic mass is 16.6. The molecule has 0 N–H and O–H groups in total. The molecule has 0 aromatic heterocycles. The number of nitrogens with zero attached hydrogens (tertiary/aromatic N) is 4. The van der Waals surface area contributed by atoms with Crippen molar-refractivity contribution in [3.05, 3.63) is 46.5 Å². The number of aryl methyl sites for hydroxylation is 2. The van der Waals surface area contributed by atoms with Crippen molar-refractivity contribution in [2.24, 2.45) is 0 Å². The zero-order valence-electron chi connectivity index (χ0n) is 31.3. The Morgan fingerprint density at radius 1 is 0.365 bits per heavy atom. The first-order valence-electron chi connectivity index (χ1n) is 19.5. The largest absolute Gasteiger partial charge is 0.371 e. The second-order valence-corrected chi connectivity index (χ2v) is 16.0. The number of ether oxygens (including phenoxy) is 8. The van der Waals surface area contributed by atoms with E-state index in [-0.39, 0.29) is 0 Å². The Morgan fingerprint density at radius 2 is 0.577 bits per heavy atom. The lowest BCUT2D eigenvalue weighted by atomic mass is 10.0. The van der Waals surface area contributed by atoms with E-state index in [1.54, 1.807) is 0 Å². The van der Waals surface area contributed by atoms with Crippen molar-refractivity contribution in [3.63, 3.8) is 0 Å². The van der Waals surface area contributed by atoms with Crippen LogP contribution in [-0.2, 0) is 37.9 Å². The van der Waals surface area contributed by atoms with Crippen LogP contribution >= 0.6 is 0 Å². The second kappa shape index (κ2) is 14.9. The summed E-state index contributed by atoms with van der Waals surface area (Å²) in [4.78, 5) is 9.85. The molecule has 10 rings (SSSR count). The zero-order chi connectivity index (χ0) is 35.3. The minimum absolute atomic E-state index is 0.368. The molecule has 12 heteroatoms. The molecular formula is C40H56N4O8.